The van der Waals surface area contributed by atoms with Crippen molar-refractivity contribution in [3.05, 3.63) is 77.8 Å². The lowest BCUT2D eigenvalue weighted by molar-refractivity contribution is -0.124. The highest BCUT2D eigenvalue weighted by Gasteiger charge is 2.31. The number of hydrogen-bond acceptors (Lipinski definition) is 5. The second-order valence-corrected chi connectivity index (χ2v) is 8.74. The SMILES string of the molecule is CNC(=O)[C@@H](NC(=O)c1ccc(-c2ccc(C(=O)NCc3ccncc3)cc2)o1)C1CCCCC1. The number of pyridine rings is 1. The van der Waals surface area contributed by atoms with Crippen molar-refractivity contribution in [3.63, 3.8) is 0 Å². The minimum atomic E-state index is -0.578. The molecule has 2 aromatic heterocycles. The van der Waals surface area contributed by atoms with Crippen molar-refractivity contribution in [2.75, 3.05) is 7.05 Å². The number of carbonyl (C=O) groups excluding carboxylic acids is 3. The van der Waals surface area contributed by atoms with Gasteiger partial charge in [0.1, 0.15) is 11.8 Å². The number of likely N-dealkylation sites (N-methyl/N-ethyl adjacent to an activating group) is 1. The first-order valence-electron chi connectivity index (χ1n) is 11.9. The lowest BCUT2D eigenvalue weighted by Gasteiger charge is -2.29. The van der Waals surface area contributed by atoms with Gasteiger partial charge in [0.25, 0.3) is 11.8 Å². The Bertz CT molecular complexity index is 1150. The topological polar surface area (TPSA) is 113 Å². The van der Waals surface area contributed by atoms with E-state index in [0.717, 1.165) is 43.2 Å². The van der Waals surface area contributed by atoms with E-state index in [0.29, 0.717) is 17.9 Å². The molecule has 2 heterocycles. The Labute approximate surface area is 204 Å². The fourth-order valence-corrected chi connectivity index (χ4v) is 4.42. The molecule has 3 amide bonds. The first-order chi connectivity index (χ1) is 17.0. The molecule has 1 aliphatic rings. The van der Waals surface area contributed by atoms with Crippen molar-refractivity contribution < 1.29 is 18.8 Å². The summed E-state index contributed by atoms with van der Waals surface area (Å²) in [7, 11) is 1.58. The number of carbonyl (C=O) groups is 3. The Kier molecular flexibility index (Phi) is 7.92. The summed E-state index contributed by atoms with van der Waals surface area (Å²) in [5, 5.41) is 8.41. The molecular weight excluding hydrogens is 444 g/mol. The summed E-state index contributed by atoms with van der Waals surface area (Å²) in [6.07, 6.45) is 8.51. The molecule has 0 saturated heterocycles. The van der Waals surface area contributed by atoms with Gasteiger partial charge in [-0.05, 0) is 60.7 Å². The summed E-state index contributed by atoms with van der Waals surface area (Å²) >= 11 is 0. The Balaban J connectivity index is 1.38. The van der Waals surface area contributed by atoms with Crippen molar-refractivity contribution in [1.82, 2.24) is 20.9 Å². The summed E-state index contributed by atoms with van der Waals surface area (Å²) in [6.45, 7) is 0.414. The van der Waals surface area contributed by atoms with Crippen LogP contribution in [0.15, 0.2) is 65.3 Å². The fraction of sp³-hybridized carbons (Fsp3) is 0.333. The molecule has 1 aliphatic carbocycles. The lowest BCUT2D eigenvalue weighted by Crippen LogP contribution is -2.50. The molecule has 35 heavy (non-hydrogen) atoms. The average molecular weight is 475 g/mol. The van der Waals surface area contributed by atoms with Crippen LogP contribution in [0.4, 0.5) is 0 Å². The van der Waals surface area contributed by atoms with E-state index in [1.165, 1.54) is 0 Å². The molecule has 0 radical (unpaired) electrons. The number of nitrogens with zero attached hydrogens (tertiary/aromatic N) is 1. The Morgan fingerprint density at radius 2 is 1.66 bits per heavy atom. The van der Waals surface area contributed by atoms with Gasteiger partial charge in [0.15, 0.2) is 5.76 Å². The molecule has 4 rings (SSSR count). The highest BCUT2D eigenvalue weighted by Crippen LogP contribution is 2.27. The van der Waals surface area contributed by atoms with Crippen LogP contribution in [-0.2, 0) is 11.3 Å². The standard InChI is InChI=1S/C27H30N4O4/c1-28-27(34)24(20-5-3-2-4-6-20)31-26(33)23-12-11-22(35-23)19-7-9-21(10-8-19)25(32)30-17-18-13-15-29-16-14-18/h7-16,20,24H,2-6,17H2,1H3,(H,28,34)(H,30,32)(H,31,33)/t24-/m0/s1. The molecule has 0 unspecified atom stereocenters. The van der Waals surface area contributed by atoms with Gasteiger partial charge >= 0.3 is 0 Å². The van der Waals surface area contributed by atoms with Crippen LogP contribution in [-0.4, -0.2) is 35.8 Å². The maximum Gasteiger partial charge on any atom is 0.287 e. The molecule has 3 N–H and O–H groups in total. The van der Waals surface area contributed by atoms with Gasteiger partial charge in [0, 0.05) is 37.1 Å². The normalized spacial score (nSPS) is 14.7. The minimum absolute atomic E-state index is 0.124. The highest BCUT2D eigenvalue weighted by atomic mass is 16.4. The molecule has 1 fully saturated rings. The van der Waals surface area contributed by atoms with Crippen molar-refractivity contribution in [3.8, 4) is 11.3 Å². The third-order valence-electron chi connectivity index (χ3n) is 6.40. The number of nitrogens with one attached hydrogen (secondary N) is 3. The molecule has 0 aliphatic heterocycles. The van der Waals surface area contributed by atoms with Crippen LogP contribution in [0, 0.1) is 5.92 Å². The Morgan fingerprint density at radius 1 is 0.943 bits per heavy atom. The van der Waals surface area contributed by atoms with E-state index in [1.807, 2.05) is 12.1 Å². The second-order valence-electron chi connectivity index (χ2n) is 8.74. The van der Waals surface area contributed by atoms with E-state index in [2.05, 4.69) is 20.9 Å². The molecule has 0 bridgehead atoms. The second kappa shape index (κ2) is 11.5. The van der Waals surface area contributed by atoms with Gasteiger partial charge in [-0.25, -0.2) is 0 Å². The zero-order chi connectivity index (χ0) is 24.6. The van der Waals surface area contributed by atoms with Crippen molar-refractivity contribution in [2.45, 2.75) is 44.7 Å². The monoisotopic (exact) mass is 474 g/mol. The van der Waals surface area contributed by atoms with Crippen molar-refractivity contribution in [2.24, 2.45) is 5.92 Å². The number of rotatable bonds is 8. The minimum Gasteiger partial charge on any atom is -0.451 e. The predicted octanol–water partition coefficient (Wildman–Crippen LogP) is 3.70. The molecule has 8 heteroatoms. The van der Waals surface area contributed by atoms with Gasteiger partial charge in [-0.1, -0.05) is 31.4 Å². The van der Waals surface area contributed by atoms with Crippen LogP contribution < -0.4 is 16.0 Å². The van der Waals surface area contributed by atoms with E-state index >= 15 is 0 Å². The third-order valence-corrected chi connectivity index (χ3v) is 6.40. The number of furan rings is 1. The predicted molar refractivity (Wildman–Crippen MR) is 131 cm³/mol. The van der Waals surface area contributed by atoms with Crippen LogP contribution in [0.5, 0.6) is 0 Å². The number of hydrogen-bond donors (Lipinski definition) is 3. The van der Waals surface area contributed by atoms with E-state index in [4.69, 9.17) is 4.42 Å². The summed E-state index contributed by atoms with van der Waals surface area (Å²) < 4.78 is 5.79. The van der Waals surface area contributed by atoms with Gasteiger partial charge in [-0.2, -0.15) is 0 Å². The summed E-state index contributed by atoms with van der Waals surface area (Å²) in [6, 6.07) is 13.4. The summed E-state index contributed by atoms with van der Waals surface area (Å²) in [4.78, 5) is 41.7. The average Bonchev–Trinajstić information content (AvgIpc) is 3.41. The quantitative estimate of drug-likeness (QED) is 0.461. The first kappa shape index (κ1) is 24.2. The Morgan fingerprint density at radius 3 is 2.34 bits per heavy atom. The number of aromatic nitrogens is 1. The van der Waals surface area contributed by atoms with Crippen molar-refractivity contribution in [1.29, 1.82) is 0 Å². The summed E-state index contributed by atoms with van der Waals surface area (Å²) in [5.41, 5.74) is 2.23. The highest BCUT2D eigenvalue weighted by molar-refractivity contribution is 5.96. The maximum absolute atomic E-state index is 12.9. The van der Waals surface area contributed by atoms with E-state index in [9.17, 15) is 14.4 Å². The smallest absolute Gasteiger partial charge is 0.287 e. The third kappa shape index (κ3) is 6.15. The van der Waals surface area contributed by atoms with E-state index < -0.39 is 11.9 Å². The van der Waals surface area contributed by atoms with Crippen LogP contribution in [0.3, 0.4) is 0 Å². The van der Waals surface area contributed by atoms with Crippen molar-refractivity contribution >= 4 is 17.7 Å². The van der Waals surface area contributed by atoms with E-state index in [1.54, 1.807) is 55.8 Å². The van der Waals surface area contributed by atoms with Crippen LogP contribution in [0.1, 0.15) is 58.6 Å². The first-order valence-corrected chi connectivity index (χ1v) is 11.9. The number of amides is 3. The van der Waals surface area contributed by atoms with Crippen LogP contribution >= 0.6 is 0 Å². The molecule has 182 valence electrons. The lowest BCUT2D eigenvalue weighted by atomic mass is 9.83. The maximum atomic E-state index is 12.9. The number of benzene rings is 1. The molecular formula is C27H30N4O4. The molecule has 3 aromatic rings. The molecule has 1 saturated carbocycles. The van der Waals surface area contributed by atoms with Gasteiger partial charge < -0.3 is 20.4 Å². The zero-order valence-electron chi connectivity index (χ0n) is 19.8. The zero-order valence-corrected chi connectivity index (χ0v) is 19.8. The van der Waals surface area contributed by atoms with Gasteiger partial charge in [-0.3, -0.25) is 19.4 Å². The molecule has 0 spiro atoms. The molecule has 8 nitrogen and oxygen atoms in total. The fourth-order valence-electron chi connectivity index (χ4n) is 4.42. The van der Waals surface area contributed by atoms with Crippen LogP contribution in [0.25, 0.3) is 11.3 Å². The van der Waals surface area contributed by atoms with Gasteiger partial charge in [0.05, 0.1) is 0 Å². The summed E-state index contributed by atoms with van der Waals surface area (Å²) in [5.74, 6) is -0.00976. The van der Waals surface area contributed by atoms with E-state index in [-0.39, 0.29) is 23.5 Å². The Hall–Kier alpha value is -3.94. The largest absolute Gasteiger partial charge is 0.451 e. The van der Waals surface area contributed by atoms with Gasteiger partial charge in [-0.15, -0.1) is 0 Å². The molecule has 1 atom stereocenters. The van der Waals surface area contributed by atoms with Crippen LogP contribution in [0.2, 0.25) is 0 Å². The molecule has 1 aromatic carbocycles. The van der Waals surface area contributed by atoms with Gasteiger partial charge in [0.2, 0.25) is 5.91 Å².